The molecular formula is C23H25N3OS3. The van der Waals surface area contributed by atoms with Gasteiger partial charge in [0.05, 0.1) is 16.6 Å². The summed E-state index contributed by atoms with van der Waals surface area (Å²) in [5, 5.41) is 1.39. The van der Waals surface area contributed by atoms with Gasteiger partial charge in [-0.3, -0.25) is 9.36 Å². The third-order valence-corrected chi connectivity index (χ3v) is 7.75. The Bertz CT molecular complexity index is 1060. The largest absolute Gasteiger partial charge is 0.358 e. The number of benzene rings is 2. The summed E-state index contributed by atoms with van der Waals surface area (Å²) >= 11 is 9.02. The highest BCUT2D eigenvalue weighted by atomic mass is 32.2. The Balaban J connectivity index is 1.44. The lowest BCUT2D eigenvalue weighted by Gasteiger charge is -2.28. The number of hydrogen-bond acceptors (Lipinski definition) is 5. The highest BCUT2D eigenvalue weighted by Crippen LogP contribution is 2.23. The van der Waals surface area contributed by atoms with Crippen molar-refractivity contribution in [3.05, 3.63) is 65.0 Å². The van der Waals surface area contributed by atoms with Crippen LogP contribution in [0.4, 0.5) is 0 Å². The number of aromatic nitrogens is 2. The fourth-order valence-electron chi connectivity index (χ4n) is 3.56. The molecule has 1 aliphatic rings. The van der Waals surface area contributed by atoms with Crippen molar-refractivity contribution in [3.8, 4) is 5.69 Å². The average molecular weight is 456 g/mol. The topological polar surface area (TPSA) is 38.1 Å². The first kappa shape index (κ1) is 21.4. The summed E-state index contributed by atoms with van der Waals surface area (Å²) in [6, 6.07) is 17.3. The van der Waals surface area contributed by atoms with E-state index in [0.29, 0.717) is 5.39 Å². The third-order valence-electron chi connectivity index (χ3n) is 5.12. The second-order valence-corrected chi connectivity index (χ2v) is 10.0. The standard InChI is InChI=1S/C23H25N3OS3/c27-21-19-12-5-6-13-20(19)24-22(26(21)18-10-3-1-4-11-18)29-16-9-17-30-23(28)25-14-7-2-8-15-25/h1,3-6,10-13H,2,7-9,14-17H2. The van der Waals surface area contributed by atoms with Gasteiger partial charge in [0.25, 0.3) is 5.56 Å². The van der Waals surface area contributed by atoms with Gasteiger partial charge in [0.2, 0.25) is 0 Å². The van der Waals surface area contributed by atoms with Gasteiger partial charge < -0.3 is 4.90 Å². The first-order chi connectivity index (χ1) is 14.7. The van der Waals surface area contributed by atoms with Crippen molar-refractivity contribution in [2.75, 3.05) is 24.6 Å². The van der Waals surface area contributed by atoms with E-state index in [1.54, 1.807) is 28.1 Å². The highest BCUT2D eigenvalue weighted by Gasteiger charge is 2.15. The minimum Gasteiger partial charge on any atom is -0.358 e. The number of thioether (sulfide) groups is 2. The minimum absolute atomic E-state index is 0.0186. The second kappa shape index (κ2) is 10.5. The van der Waals surface area contributed by atoms with Crippen LogP contribution in [0.3, 0.4) is 0 Å². The molecule has 0 spiro atoms. The molecule has 0 unspecified atom stereocenters. The molecule has 0 saturated carbocycles. The van der Waals surface area contributed by atoms with Gasteiger partial charge in [-0.05, 0) is 49.9 Å². The first-order valence-electron chi connectivity index (χ1n) is 10.4. The molecule has 0 aliphatic carbocycles. The molecule has 0 radical (unpaired) electrons. The molecule has 2 heterocycles. The molecule has 1 saturated heterocycles. The number of nitrogens with zero attached hydrogens (tertiary/aromatic N) is 3. The van der Waals surface area contributed by atoms with Crippen LogP contribution >= 0.6 is 35.7 Å². The summed E-state index contributed by atoms with van der Waals surface area (Å²) in [5.41, 5.74) is 1.58. The van der Waals surface area contributed by atoms with E-state index < -0.39 is 0 Å². The summed E-state index contributed by atoms with van der Waals surface area (Å²) in [6.45, 7) is 2.20. The number of fused-ring (bicyclic) bond motifs is 1. The maximum absolute atomic E-state index is 13.2. The van der Waals surface area contributed by atoms with Gasteiger partial charge in [-0.1, -0.05) is 66.1 Å². The van der Waals surface area contributed by atoms with E-state index in [0.717, 1.165) is 51.7 Å². The van der Waals surface area contributed by atoms with Crippen molar-refractivity contribution < 1.29 is 0 Å². The van der Waals surface area contributed by atoms with Crippen molar-refractivity contribution in [3.63, 3.8) is 0 Å². The van der Waals surface area contributed by atoms with E-state index in [1.807, 2.05) is 54.6 Å². The second-order valence-electron chi connectivity index (χ2n) is 7.25. The summed E-state index contributed by atoms with van der Waals surface area (Å²) in [6.07, 6.45) is 4.84. The molecule has 3 aromatic rings. The van der Waals surface area contributed by atoms with Crippen LogP contribution < -0.4 is 5.56 Å². The van der Waals surface area contributed by atoms with Gasteiger partial charge in [0.1, 0.15) is 4.32 Å². The lowest BCUT2D eigenvalue weighted by Crippen LogP contribution is -2.32. The molecule has 156 valence electrons. The average Bonchev–Trinajstić information content (AvgIpc) is 2.80. The van der Waals surface area contributed by atoms with Crippen LogP contribution in [-0.4, -0.2) is 43.4 Å². The minimum atomic E-state index is -0.0186. The fraction of sp³-hybridized carbons (Fsp3) is 0.348. The quantitative estimate of drug-likeness (QED) is 0.215. The van der Waals surface area contributed by atoms with Crippen LogP contribution in [0.5, 0.6) is 0 Å². The van der Waals surface area contributed by atoms with Gasteiger partial charge in [-0.25, -0.2) is 4.98 Å². The molecule has 1 aromatic heterocycles. The van der Waals surface area contributed by atoms with Gasteiger partial charge in [0, 0.05) is 24.6 Å². The fourth-order valence-corrected chi connectivity index (χ4v) is 5.96. The SMILES string of the molecule is O=c1c2ccccc2nc(SCCCSC(=S)N2CCCCC2)n1-c1ccccc1. The van der Waals surface area contributed by atoms with Crippen molar-refractivity contribution in [2.45, 2.75) is 30.8 Å². The molecule has 30 heavy (non-hydrogen) atoms. The molecule has 1 fully saturated rings. The van der Waals surface area contributed by atoms with Crippen molar-refractivity contribution in [1.29, 1.82) is 0 Å². The molecule has 4 nitrogen and oxygen atoms in total. The molecular weight excluding hydrogens is 430 g/mol. The van der Waals surface area contributed by atoms with E-state index in [-0.39, 0.29) is 5.56 Å². The number of rotatable bonds is 6. The summed E-state index contributed by atoms with van der Waals surface area (Å²) in [4.78, 5) is 20.3. The Morgan fingerprint density at radius 3 is 2.50 bits per heavy atom. The van der Waals surface area contributed by atoms with Gasteiger partial charge in [-0.15, -0.1) is 0 Å². The summed E-state index contributed by atoms with van der Waals surface area (Å²) < 4.78 is 2.77. The van der Waals surface area contributed by atoms with Crippen molar-refractivity contribution in [2.24, 2.45) is 0 Å². The Morgan fingerprint density at radius 2 is 1.70 bits per heavy atom. The number of hydrogen-bond donors (Lipinski definition) is 0. The summed E-state index contributed by atoms with van der Waals surface area (Å²) in [7, 11) is 0. The predicted octanol–water partition coefficient (Wildman–Crippen LogP) is 5.37. The molecule has 0 amide bonds. The number of thiocarbonyl (C=S) groups is 1. The van der Waals surface area contributed by atoms with Gasteiger partial charge in [-0.2, -0.15) is 0 Å². The number of likely N-dealkylation sites (tertiary alicyclic amines) is 1. The number of piperidine rings is 1. The molecule has 0 bridgehead atoms. The highest BCUT2D eigenvalue weighted by molar-refractivity contribution is 8.22. The molecule has 2 aromatic carbocycles. The van der Waals surface area contributed by atoms with Crippen LogP contribution in [-0.2, 0) is 0 Å². The van der Waals surface area contributed by atoms with Crippen molar-refractivity contribution in [1.82, 2.24) is 14.5 Å². The van der Waals surface area contributed by atoms with E-state index in [9.17, 15) is 4.79 Å². The van der Waals surface area contributed by atoms with Crippen LogP contribution in [0.1, 0.15) is 25.7 Å². The Labute approximate surface area is 191 Å². The van der Waals surface area contributed by atoms with E-state index in [1.165, 1.54) is 19.3 Å². The van der Waals surface area contributed by atoms with Gasteiger partial charge >= 0.3 is 0 Å². The molecule has 7 heteroatoms. The number of para-hydroxylation sites is 2. The zero-order chi connectivity index (χ0) is 20.8. The Hall–Kier alpha value is -1.83. The zero-order valence-electron chi connectivity index (χ0n) is 16.8. The van der Waals surface area contributed by atoms with Crippen molar-refractivity contribution >= 4 is 51.0 Å². The smallest absolute Gasteiger partial charge is 0.266 e. The van der Waals surface area contributed by atoms with Gasteiger partial charge in [0.15, 0.2) is 5.16 Å². The monoisotopic (exact) mass is 455 g/mol. The lowest BCUT2D eigenvalue weighted by molar-refractivity contribution is 0.352. The van der Waals surface area contributed by atoms with E-state index >= 15 is 0 Å². The lowest BCUT2D eigenvalue weighted by atomic mass is 10.1. The molecule has 0 atom stereocenters. The van der Waals surface area contributed by atoms with Crippen LogP contribution in [0.2, 0.25) is 0 Å². The Kier molecular flexibility index (Phi) is 7.47. The van der Waals surface area contributed by atoms with Crippen LogP contribution in [0, 0.1) is 0 Å². The van der Waals surface area contributed by atoms with E-state index in [2.05, 4.69) is 4.90 Å². The first-order valence-corrected chi connectivity index (χ1v) is 12.7. The Morgan fingerprint density at radius 1 is 0.967 bits per heavy atom. The maximum atomic E-state index is 13.2. The molecule has 4 rings (SSSR count). The van der Waals surface area contributed by atoms with Crippen LogP contribution in [0.25, 0.3) is 16.6 Å². The maximum Gasteiger partial charge on any atom is 0.266 e. The van der Waals surface area contributed by atoms with Crippen LogP contribution in [0.15, 0.2) is 64.5 Å². The summed E-state index contributed by atoms with van der Waals surface area (Å²) in [5.74, 6) is 1.89. The zero-order valence-corrected chi connectivity index (χ0v) is 19.3. The molecule has 1 aliphatic heterocycles. The predicted molar refractivity (Wildman–Crippen MR) is 133 cm³/mol. The molecule has 0 N–H and O–H groups in total. The third kappa shape index (κ3) is 5.07. The van der Waals surface area contributed by atoms with E-state index in [4.69, 9.17) is 17.2 Å². The normalized spacial score (nSPS) is 14.2.